The number of alkyl halides is 3. The Bertz CT molecular complexity index is 1450. The molecule has 3 atom stereocenters. The Morgan fingerprint density at radius 3 is 2.70 bits per heavy atom. The van der Waals surface area contributed by atoms with Gasteiger partial charge < -0.3 is 15.2 Å². The maximum atomic E-state index is 14.2. The standard InChI is InChI=1S/C24H25BrF3N7O2/c25-13-7-8-17-19-21(32-35(18-6-1-2-9-37-18)22(19)33-34(17)12-13)20-16(24(26,27)28)11-29-23(31-20)30-14-4-3-5-15(36)10-14/h7-8,11-12,14-15,18,36H,1-6,9-10H2,(H,29,30,31)/t14-,15-,18?/m0/s1. The van der Waals surface area contributed by atoms with Crippen molar-refractivity contribution in [3.8, 4) is 11.4 Å². The van der Waals surface area contributed by atoms with Gasteiger partial charge in [-0.15, -0.1) is 5.10 Å². The first kappa shape index (κ1) is 24.6. The fraction of sp³-hybridized carbons (Fsp3) is 0.500. The lowest BCUT2D eigenvalue weighted by Gasteiger charge is -2.26. The summed E-state index contributed by atoms with van der Waals surface area (Å²) in [5, 5.41) is 22.9. The highest BCUT2D eigenvalue weighted by Crippen LogP contribution is 2.41. The molecule has 0 aromatic carbocycles. The van der Waals surface area contributed by atoms with E-state index in [0.29, 0.717) is 42.4 Å². The molecule has 1 unspecified atom stereocenters. The normalized spacial score (nSPS) is 23.1. The lowest BCUT2D eigenvalue weighted by Crippen LogP contribution is -2.30. The van der Waals surface area contributed by atoms with Gasteiger partial charge in [0.05, 0.1) is 17.0 Å². The second kappa shape index (κ2) is 9.52. The molecule has 1 saturated carbocycles. The molecule has 0 spiro atoms. The molecule has 0 bridgehead atoms. The van der Waals surface area contributed by atoms with Crippen LogP contribution in [0.2, 0.25) is 0 Å². The number of aromatic nitrogens is 6. The number of halogens is 4. The van der Waals surface area contributed by atoms with E-state index in [4.69, 9.17) is 4.74 Å². The molecular weight excluding hydrogens is 555 g/mol. The van der Waals surface area contributed by atoms with Gasteiger partial charge in [0, 0.05) is 29.5 Å². The van der Waals surface area contributed by atoms with Gasteiger partial charge in [-0.1, -0.05) is 0 Å². The largest absolute Gasteiger partial charge is 0.420 e. The highest BCUT2D eigenvalue weighted by Gasteiger charge is 2.38. The summed E-state index contributed by atoms with van der Waals surface area (Å²) in [7, 11) is 0. The van der Waals surface area contributed by atoms with Crippen LogP contribution in [0.4, 0.5) is 19.1 Å². The average Bonchev–Trinajstić information content (AvgIpc) is 3.40. The van der Waals surface area contributed by atoms with E-state index in [0.717, 1.165) is 36.4 Å². The number of rotatable bonds is 4. The second-order valence-corrected chi connectivity index (χ2v) is 10.5. The van der Waals surface area contributed by atoms with Crippen LogP contribution in [0.15, 0.2) is 29.0 Å². The summed E-state index contributed by atoms with van der Waals surface area (Å²) in [6, 6.07) is 3.46. The molecule has 2 N–H and O–H groups in total. The average molecular weight is 580 g/mol. The number of nitrogens with zero attached hydrogens (tertiary/aromatic N) is 6. The highest BCUT2D eigenvalue weighted by atomic mass is 79.9. The van der Waals surface area contributed by atoms with Crippen LogP contribution in [0.25, 0.3) is 27.9 Å². The van der Waals surface area contributed by atoms with E-state index in [9.17, 15) is 18.3 Å². The summed E-state index contributed by atoms with van der Waals surface area (Å²) < 4.78 is 52.5. The third-order valence-corrected chi connectivity index (χ3v) is 7.43. The molecule has 37 heavy (non-hydrogen) atoms. The number of hydrogen-bond donors (Lipinski definition) is 2. The molecule has 1 aliphatic heterocycles. The molecule has 13 heteroatoms. The Kier molecular flexibility index (Phi) is 6.32. The monoisotopic (exact) mass is 579 g/mol. The van der Waals surface area contributed by atoms with Crippen molar-refractivity contribution >= 4 is 38.4 Å². The van der Waals surface area contributed by atoms with Crippen LogP contribution in [0.3, 0.4) is 0 Å². The van der Waals surface area contributed by atoms with E-state index >= 15 is 0 Å². The van der Waals surface area contributed by atoms with Gasteiger partial charge in [-0.25, -0.2) is 19.2 Å². The van der Waals surface area contributed by atoms with Gasteiger partial charge in [0.25, 0.3) is 0 Å². The predicted octanol–water partition coefficient (Wildman–Crippen LogP) is 5.34. The predicted molar refractivity (Wildman–Crippen MR) is 133 cm³/mol. The number of aliphatic hydroxyl groups is 1. The van der Waals surface area contributed by atoms with Crippen molar-refractivity contribution < 1.29 is 23.0 Å². The van der Waals surface area contributed by atoms with E-state index in [2.05, 4.69) is 41.4 Å². The molecule has 0 amide bonds. The van der Waals surface area contributed by atoms with Crippen molar-refractivity contribution in [3.63, 3.8) is 0 Å². The fourth-order valence-corrected chi connectivity index (χ4v) is 5.53. The van der Waals surface area contributed by atoms with Crippen molar-refractivity contribution in [1.82, 2.24) is 29.4 Å². The van der Waals surface area contributed by atoms with Crippen LogP contribution in [0.1, 0.15) is 56.7 Å². The molecule has 5 heterocycles. The Morgan fingerprint density at radius 2 is 1.95 bits per heavy atom. The summed E-state index contributed by atoms with van der Waals surface area (Å²) in [4.78, 5) is 8.33. The molecule has 1 aliphatic carbocycles. The van der Waals surface area contributed by atoms with Crippen LogP contribution in [0.5, 0.6) is 0 Å². The van der Waals surface area contributed by atoms with Gasteiger partial charge in [-0.05, 0) is 73.0 Å². The first-order valence-corrected chi connectivity index (χ1v) is 13.1. The molecule has 0 radical (unpaired) electrons. The molecule has 196 valence electrons. The first-order chi connectivity index (χ1) is 17.8. The van der Waals surface area contributed by atoms with Gasteiger partial charge >= 0.3 is 6.18 Å². The number of anilines is 1. The van der Waals surface area contributed by atoms with Crippen molar-refractivity contribution in [2.45, 2.75) is 69.5 Å². The minimum atomic E-state index is -4.70. The third-order valence-electron chi connectivity index (χ3n) is 6.96. The van der Waals surface area contributed by atoms with Crippen molar-refractivity contribution in [1.29, 1.82) is 0 Å². The summed E-state index contributed by atoms with van der Waals surface area (Å²) in [6.45, 7) is 0.545. The quantitative estimate of drug-likeness (QED) is 0.336. The molecule has 4 aromatic rings. The highest BCUT2D eigenvalue weighted by molar-refractivity contribution is 9.10. The van der Waals surface area contributed by atoms with Crippen molar-refractivity contribution in [2.24, 2.45) is 0 Å². The van der Waals surface area contributed by atoms with Gasteiger partial charge in [0.2, 0.25) is 5.95 Å². The number of ether oxygens (including phenoxy) is 1. The molecule has 6 rings (SSSR count). The Balaban J connectivity index is 1.54. The number of fused-ring (bicyclic) bond motifs is 3. The molecule has 1 saturated heterocycles. The zero-order chi connectivity index (χ0) is 25.7. The Morgan fingerprint density at radius 1 is 1.08 bits per heavy atom. The summed E-state index contributed by atoms with van der Waals surface area (Å²) in [5.41, 5.74) is -0.195. The fourth-order valence-electron chi connectivity index (χ4n) is 5.20. The van der Waals surface area contributed by atoms with Crippen LogP contribution in [-0.2, 0) is 10.9 Å². The molecular formula is C24H25BrF3N7O2. The van der Waals surface area contributed by atoms with Crippen LogP contribution in [0, 0.1) is 0 Å². The SMILES string of the molecule is O[C@H]1CCC[C@H](Nc2ncc(C(F)(F)F)c(-c3nn(C4CCCCO4)c4nn5cc(Br)ccc5c34)n2)C1. The number of nitrogens with one attached hydrogen (secondary N) is 1. The maximum Gasteiger partial charge on any atom is 0.420 e. The summed E-state index contributed by atoms with van der Waals surface area (Å²) in [6.07, 6.45) is 2.27. The van der Waals surface area contributed by atoms with E-state index in [1.807, 2.05) is 0 Å². The van der Waals surface area contributed by atoms with Crippen LogP contribution < -0.4 is 5.32 Å². The third kappa shape index (κ3) is 4.68. The van der Waals surface area contributed by atoms with Gasteiger partial charge in [0.1, 0.15) is 17.0 Å². The van der Waals surface area contributed by atoms with E-state index < -0.39 is 24.1 Å². The number of aliphatic hydroxyl groups excluding tert-OH is 1. The van der Waals surface area contributed by atoms with Gasteiger partial charge in [-0.2, -0.15) is 18.3 Å². The van der Waals surface area contributed by atoms with Crippen LogP contribution >= 0.6 is 15.9 Å². The number of hydrogen-bond acceptors (Lipinski definition) is 7. The minimum absolute atomic E-state index is 0.0675. The van der Waals surface area contributed by atoms with Crippen molar-refractivity contribution in [2.75, 3.05) is 11.9 Å². The zero-order valence-electron chi connectivity index (χ0n) is 19.7. The topological polar surface area (TPSA) is 102 Å². The van der Waals surface area contributed by atoms with Gasteiger partial charge in [-0.3, -0.25) is 0 Å². The molecule has 2 aliphatic rings. The molecule has 9 nitrogen and oxygen atoms in total. The Hall–Kier alpha value is -2.77. The smallest absolute Gasteiger partial charge is 0.393 e. The van der Waals surface area contributed by atoms with E-state index in [-0.39, 0.29) is 23.4 Å². The van der Waals surface area contributed by atoms with Crippen molar-refractivity contribution in [3.05, 3.63) is 34.6 Å². The molecule has 4 aromatic heterocycles. The number of pyridine rings is 1. The van der Waals surface area contributed by atoms with E-state index in [1.165, 1.54) is 0 Å². The lowest BCUT2D eigenvalue weighted by atomic mass is 9.93. The molecule has 2 fully saturated rings. The van der Waals surface area contributed by atoms with E-state index in [1.54, 1.807) is 27.5 Å². The lowest BCUT2D eigenvalue weighted by molar-refractivity contribution is -0.137. The maximum absolute atomic E-state index is 14.2. The van der Waals surface area contributed by atoms with Gasteiger partial charge in [0.15, 0.2) is 11.9 Å². The zero-order valence-corrected chi connectivity index (χ0v) is 21.3. The minimum Gasteiger partial charge on any atom is -0.393 e. The second-order valence-electron chi connectivity index (χ2n) is 9.61. The Labute approximate surface area is 218 Å². The summed E-state index contributed by atoms with van der Waals surface area (Å²) >= 11 is 3.43. The first-order valence-electron chi connectivity index (χ1n) is 12.3. The summed E-state index contributed by atoms with van der Waals surface area (Å²) in [5.74, 6) is 0.0675. The van der Waals surface area contributed by atoms with Crippen LogP contribution in [-0.4, -0.2) is 53.2 Å².